The van der Waals surface area contributed by atoms with Crippen LogP contribution in [0.3, 0.4) is 0 Å². The molecule has 1 aromatic heterocycles. The summed E-state index contributed by atoms with van der Waals surface area (Å²) < 4.78 is 11.9. The van der Waals surface area contributed by atoms with Crippen LogP contribution in [0.1, 0.15) is 42.6 Å². The quantitative estimate of drug-likeness (QED) is 0.178. The highest BCUT2D eigenvalue weighted by molar-refractivity contribution is 6.47. The van der Waals surface area contributed by atoms with Gasteiger partial charge < -0.3 is 40.4 Å². The van der Waals surface area contributed by atoms with Gasteiger partial charge in [0, 0.05) is 25.4 Å². The van der Waals surface area contributed by atoms with E-state index in [2.05, 4.69) is 15.6 Å². The number of carbonyl (C=O) groups is 2. The summed E-state index contributed by atoms with van der Waals surface area (Å²) in [6.07, 6.45) is -0.998. The molecule has 2 amide bonds. The van der Waals surface area contributed by atoms with E-state index >= 15 is 0 Å². The third-order valence-electron chi connectivity index (χ3n) is 6.49. The Labute approximate surface area is 228 Å². The topological polar surface area (TPSA) is 170 Å². The third-order valence-corrected chi connectivity index (χ3v) is 6.49. The lowest BCUT2D eigenvalue weighted by atomic mass is 9.74. The number of aliphatic hydroxyl groups is 4. The van der Waals surface area contributed by atoms with Crippen LogP contribution < -0.4 is 10.6 Å². The van der Waals surface area contributed by atoms with Crippen molar-refractivity contribution >= 4 is 18.9 Å². The number of pyridine rings is 1. The van der Waals surface area contributed by atoms with E-state index in [0.717, 1.165) is 5.56 Å². The zero-order valence-electron chi connectivity index (χ0n) is 22.2. The average molecular weight is 543 g/mol. The van der Waals surface area contributed by atoms with Gasteiger partial charge >= 0.3 is 7.12 Å². The lowest BCUT2D eigenvalue weighted by Crippen LogP contribution is -2.55. The van der Waals surface area contributed by atoms with Crippen LogP contribution in [-0.2, 0) is 20.5 Å². The number of hydrogen-bond acceptors (Lipinski definition) is 9. The van der Waals surface area contributed by atoms with E-state index in [9.17, 15) is 30.0 Å². The van der Waals surface area contributed by atoms with Gasteiger partial charge in [-0.1, -0.05) is 44.2 Å². The number of aromatic nitrogens is 1. The molecule has 1 fully saturated rings. The maximum Gasteiger partial charge on any atom is 0.481 e. The van der Waals surface area contributed by atoms with Gasteiger partial charge in [0.1, 0.15) is 12.1 Å². The molecule has 2 heterocycles. The molecule has 2 unspecified atom stereocenters. The van der Waals surface area contributed by atoms with Gasteiger partial charge in [0.05, 0.1) is 36.4 Å². The molecule has 39 heavy (non-hydrogen) atoms. The first-order chi connectivity index (χ1) is 18.7. The molecule has 0 bridgehead atoms. The van der Waals surface area contributed by atoms with Crippen molar-refractivity contribution in [3.63, 3.8) is 0 Å². The van der Waals surface area contributed by atoms with Crippen LogP contribution in [-0.4, -0.2) is 94.0 Å². The fourth-order valence-corrected chi connectivity index (χ4v) is 4.53. The van der Waals surface area contributed by atoms with Gasteiger partial charge in [0.25, 0.3) is 5.91 Å². The van der Waals surface area contributed by atoms with Crippen molar-refractivity contribution in [3.05, 3.63) is 66.0 Å². The van der Waals surface area contributed by atoms with Crippen molar-refractivity contribution in [1.82, 2.24) is 15.6 Å². The van der Waals surface area contributed by atoms with Crippen LogP contribution in [0, 0.1) is 5.92 Å². The highest BCUT2D eigenvalue weighted by Crippen LogP contribution is 2.27. The lowest BCUT2D eigenvalue weighted by molar-refractivity contribution is -0.123. The van der Waals surface area contributed by atoms with Crippen LogP contribution in [0.5, 0.6) is 0 Å². The SMILES string of the molecule is CC(C)C[C@H](NC(=O)[C@H](Cc1ccccc1)NC(=O)c1cccnc1)B1OC([C@H](O)CO)C([C@H](O)CCO)O1. The predicted octanol–water partition coefficient (Wildman–Crippen LogP) is -0.138. The van der Waals surface area contributed by atoms with Crippen molar-refractivity contribution < 1.29 is 39.3 Å². The molecule has 0 aliphatic carbocycles. The van der Waals surface area contributed by atoms with Crippen LogP contribution in [0.2, 0.25) is 0 Å². The average Bonchev–Trinajstić information content (AvgIpc) is 3.38. The Kier molecular flexibility index (Phi) is 11.8. The van der Waals surface area contributed by atoms with E-state index in [1.54, 1.807) is 18.3 Å². The zero-order valence-corrected chi connectivity index (χ0v) is 22.2. The molecule has 0 saturated carbocycles. The van der Waals surface area contributed by atoms with E-state index in [4.69, 9.17) is 9.31 Å². The second kappa shape index (κ2) is 15.1. The van der Waals surface area contributed by atoms with Crippen molar-refractivity contribution in [2.45, 2.75) is 69.5 Å². The minimum Gasteiger partial charge on any atom is -0.402 e. The summed E-state index contributed by atoms with van der Waals surface area (Å²) in [4.78, 5) is 30.5. The number of nitrogens with one attached hydrogen (secondary N) is 2. The van der Waals surface area contributed by atoms with Crippen molar-refractivity contribution in [3.8, 4) is 0 Å². The smallest absolute Gasteiger partial charge is 0.402 e. The molecule has 1 aliphatic heterocycles. The van der Waals surface area contributed by atoms with Gasteiger partial charge in [-0.3, -0.25) is 14.6 Å². The maximum absolute atomic E-state index is 13.6. The summed E-state index contributed by atoms with van der Waals surface area (Å²) in [7, 11) is -1.05. The number of rotatable bonds is 14. The van der Waals surface area contributed by atoms with Crippen molar-refractivity contribution in [2.75, 3.05) is 13.2 Å². The molecule has 0 radical (unpaired) electrons. The molecule has 12 heteroatoms. The van der Waals surface area contributed by atoms with E-state index in [-0.39, 0.29) is 25.4 Å². The molecule has 0 spiro atoms. The number of nitrogens with zero attached hydrogens (tertiary/aromatic N) is 1. The van der Waals surface area contributed by atoms with Crippen LogP contribution in [0.4, 0.5) is 0 Å². The summed E-state index contributed by atoms with van der Waals surface area (Å²) in [5.74, 6) is -1.52. The summed E-state index contributed by atoms with van der Waals surface area (Å²) in [6.45, 7) is 2.98. The number of carbonyl (C=O) groups excluding carboxylic acids is 2. The molecule has 1 saturated heterocycles. The minimum absolute atomic E-state index is 0.0177. The molecule has 1 aliphatic rings. The molecular weight excluding hydrogens is 505 g/mol. The summed E-state index contributed by atoms with van der Waals surface area (Å²) in [5.41, 5.74) is 1.15. The molecule has 6 N–H and O–H groups in total. The summed E-state index contributed by atoms with van der Waals surface area (Å²) >= 11 is 0. The van der Waals surface area contributed by atoms with E-state index in [0.29, 0.717) is 12.0 Å². The lowest BCUT2D eigenvalue weighted by Gasteiger charge is -2.26. The highest BCUT2D eigenvalue weighted by Gasteiger charge is 2.50. The first-order valence-electron chi connectivity index (χ1n) is 13.2. The Morgan fingerprint density at radius 2 is 1.69 bits per heavy atom. The number of amides is 2. The van der Waals surface area contributed by atoms with Crippen LogP contribution >= 0.6 is 0 Å². The highest BCUT2D eigenvalue weighted by atomic mass is 16.7. The number of hydrogen-bond donors (Lipinski definition) is 6. The van der Waals surface area contributed by atoms with Gasteiger partial charge in [-0.25, -0.2) is 0 Å². The fraction of sp³-hybridized carbons (Fsp3) is 0.519. The zero-order chi connectivity index (χ0) is 28.4. The first kappa shape index (κ1) is 30.7. The van der Waals surface area contributed by atoms with Gasteiger partial charge in [0.2, 0.25) is 5.91 Å². The second-order valence-corrected chi connectivity index (χ2v) is 10.1. The van der Waals surface area contributed by atoms with Crippen molar-refractivity contribution in [2.24, 2.45) is 5.92 Å². The molecule has 212 valence electrons. The van der Waals surface area contributed by atoms with Crippen LogP contribution in [0.25, 0.3) is 0 Å². The van der Waals surface area contributed by atoms with Gasteiger partial charge in [0.15, 0.2) is 0 Å². The molecule has 1 aromatic carbocycles. The predicted molar refractivity (Wildman–Crippen MR) is 143 cm³/mol. The summed E-state index contributed by atoms with van der Waals surface area (Å²) in [6, 6.07) is 11.6. The van der Waals surface area contributed by atoms with Gasteiger partial charge in [-0.2, -0.15) is 0 Å². The van der Waals surface area contributed by atoms with E-state index in [1.807, 2.05) is 44.2 Å². The van der Waals surface area contributed by atoms with Gasteiger partial charge in [-0.05, 0) is 36.5 Å². The maximum atomic E-state index is 13.6. The first-order valence-corrected chi connectivity index (χ1v) is 13.2. The van der Waals surface area contributed by atoms with E-state index in [1.165, 1.54) is 6.20 Å². The minimum atomic E-state index is -1.34. The monoisotopic (exact) mass is 543 g/mol. The molecule has 3 rings (SSSR count). The van der Waals surface area contributed by atoms with Gasteiger partial charge in [-0.15, -0.1) is 0 Å². The normalized spacial score (nSPS) is 20.3. The molecular formula is C27H38BN3O8. The second-order valence-electron chi connectivity index (χ2n) is 10.1. The van der Waals surface area contributed by atoms with Crippen LogP contribution in [0.15, 0.2) is 54.9 Å². The number of aliphatic hydroxyl groups excluding tert-OH is 4. The third kappa shape index (κ3) is 8.82. The summed E-state index contributed by atoms with van der Waals surface area (Å²) in [5, 5.41) is 45.3. The Balaban J connectivity index is 1.82. The van der Waals surface area contributed by atoms with E-state index < -0.39 is 61.9 Å². The Morgan fingerprint density at radius 1 is 1.00 bits per heavy atom. The van der Waals surface area contributed by atoms with Crippen molar-refractivity contribution in [1.29, 1.82) is 0 Å². The molecule has 11 nitrogen and oxygen atoms in total. The Bertz CT molecular complexity index is 1030. The Hall–Kier alpha value is -2.87. The number of benzene rings is 1. The largest absolute Gasteiger partial charge is 0.481 e. The molecule has 6 atom stereocenters. The fourth-order valence-electron chi connectivity index (χ4n) is 4.53. The molecule has 2 aromatic rings. The standard InChI is InChI=1S/C27H38BN3O8/c1-17(2)13-23(28-38-24(21(34)10-12-32)25(39-28)22(35)16-33)31-27(37)20(14-18-7-4-3-5-8-18)30-26(36)19-9-6-11-29-15-19/h3-9,11,15,17,20-25,32-35H,10,12-14,16H2,1-2H3,(H,30,36)(H,31,37)/t20-,21+,22+,23-,24?,25?/m0/s1. The Morgan fingerprint density at radius 3 is 2.28 bits per heavy atom.